The third kappa shape index (κ3) is 3.89. The SMILES string of the molecule is C=CCn1c(Sc2c(C(=O)OCC)cnc3cc4c(cc23)OCO4)nnc1-c1ccncc1. The lowest BCUT2D eigenvalue weighted by Crippen LogP contribution is -2.08. The van der Waals surface area contributed by atoms with E-state index in [1.165, 1.54) is 18.0 Å². The van der Waals surface area contributed by atoms with Crippen LogP contribution in [0.3, 0.4) is 0 Å². The average molecular weight is 462 g/mol. The molecular weight excluding hydrogens is 442 g/mol. The summed E-state index contributed by atoms with van der Waals surface area (Å²) in [6.07, 6.45) is 6.69. The van der Waals surface area contributed by atoms with Gasteiger partial charge in [0.2, 0.25) is 6.79 Å². The van der Waals surface area contributed by atoms with E-state index in [0.29, 0.717) is 45.0 Å². The van der Waals surface area contributed by atoms with Crippen molar-refractivity contribution in [2.75, 3.05) is 13.4 Å². The number of esters is 1. The Hall–Kier alpha value is -3.92. The Morgan fingerprint density at radius 2 is 2.03 bits per heavy atom. The maximum absolute atomic E-state index is 12.8. The molecule has 0 N–H and O–H groups in total. The number of nitrogens with zero attached hydrogens (tertiary/aromatic N) is 5. The minimum atomic E-state index is -0.462. The summed E-state index contributed by atoms with van der Waals surface area (Å²) in [4.78, 5) is 22.0. The van der Waals surface area contributed by atoms with Gasteiger partial charge >= 0.3 is 5.97 Å². The van der Waals surface area contributed by atoms with Crippen LogP contribution in [-0.2, 0) is 11.3 Å². The molecule has 1 aliphatic rings. The summed E-state index contributed by atoms with van der Waals surface area (Å²) in [6, 6.07) is 7.36. The minimum Gasteiger partial charge on any atom is -0.462 e. The predicted octanol–water partition coefficient (Wildman–Crippen LogP) is 4.13. The molecule has 1 aliphatic heterocycles. The summed E-state index contributed by atoms with van der Waals surface area (Å²) in [5, 5.41) is 10.1. The van der Waals surface area contributed by atoms with Crippen LogP contribution in [0.4, 0.5) is 0 Å². The zero-order chi connectivity index (χ0) is 22.8. The number of fused-ring (bicyclic) bond motifs is 2. The van der Waals surface area contributed by atoms with E-state index >= 15 is 0 Å². The number of aromatic nitrogens is 5. The number of hydrogen-bond donors (Lipinski definition) is 0. The fourth-order valence-corrected chi connectivity index (χ4v) is 4.54. The first-order valence-corrected chi connectivity index (χ1v) is 11.0. The quantitative estimate of drug-likeness (QED) is 0.297. The Balaban J connectivity index is 1.66. The molecule has 0 amide bonds. The zero-order valence-corrected chi connectivity index (χ0v) is 18.5. The van der Waals surface area contributed by atoms with Gasteiger partial charge in [-0.05, 0) is 36.9 Å². The highest BCUT2D eigenvalue weighted by Crippen LogP contribution is 2.42. The second-order valence-electron chi connectivity index (χ2n) is 6.99. The van der Waals surface area contributed by atoms with Gasteiger partial charge in [-0.3, -0.25) is 14.5 Å². The number of rotatable bonds is 7. The minimum absolute atomic E-state index is 0.141. The van der Waals surface area contributed by atoms with Gasteiger partial charge in [0.15, 0.2) is 22.5 Å². The largest absolute Gasteiger partial charge is 0.462 e. The van der Waals surface area contributed by atoms with Crippen molar-refractivity contribution < 1.29 is 19.0 Å². The van der Waals surface area contributed by atoms with Gasteiger partial charge in [-0.15, -0.1) is 16.8 Å². The maximum Gasteiger partial charge on any atom is 0.340 e. The van der Waals surface area contributed by atoms with Crippen molar-refractivity contribution in [2.24, 2.45) is 0 Å². The molecule has 5 rings (SSSR count). The van der Waals surface area contributed by atoms with Crippen molar-refractivity contribution in [3.63, 3.8) is 0 Å². The summed E-state index contributed by atoms with van der Waals surface area (Å²) >= 11 is 1.31. The monoisotopic (exact) mass is 461 g/mol. The number of ether oxygens (including phenoxy) is 3. The average Bonchev–Trinajstić information content (AvgIpc) is 3.45. The van der Waals surface area contributed by atoms with E-state index in [9.17, 15) is 4.79 Å². The Morgan fingerprint density at radius 3 is 2.79 bits per heavy atom. The van der Waals surface area contributed by atoms with Crippen LogP contribution >= 0.6 is 11.8 Å². The molecule has 1 aromatic carbocycles. The molecule has 0 fully saturated rings. The van der Waals surface area contributed by atoms with Crippen molar-refractivity contribution in [1.29, 1.82) is 0 Å². The molecule has 9 nitrogen and oxygen atoms in total. The molecule has 0 atom stereocenters. The third-order valence-electron chi connectivity index (χ3n) is 4.97. The lowest BCUT2D eigenvalue weighted by atomic mass is 10.1. The Labute approximate surface area is 193 Å². The fourth-order valence-electron chi connectivity index (χ4n) is 3.49. The Bertz CT molecular complexity index is 1360. The lowest BCUT2D eigenvalue weighted by Gasteiger charge is -2.13. The topological polar surface area (TPSA) is 101 Å². The van der Waals surface area contributed by atoms with Gasteiger partial charge < -0.3 is 14.2 Å². The number of carbonyl (C=O) groups excluding carboxylic acids is 1. The van der Waals surface area contributed by atoms with Crippen molar-refractivity contribution in [1.82, 2.24) is 24.7 Å². The molecule has 0 saturated heterocycles. The number of hydrogen-bond acceptors (Lipinski definition) is 9. The number of benzene rings is 1. The van der Waals surface area contributed by atoms with E-state index in [2.05, 4.69) is 26.7 Å². The summed E-state index contributed by atoms with van der Waals surface area (Å²) in [5.74, 6) is 1.42. The van der Waals surface area contributed by atoms with Crippen molar-refractivity contribution in [2.45, 2.75) is 23.5 Å². The second kappa shape index (κ2) is 8.91. The second-order valence-corrected chi connectivity index (χ2v) is 7.97. The number of allylic oxidation sites excluding steroid dienone is 1. The van der Waals surface area contributed by atoms with Gasteiger partial charge in [0.25, 0.3) is 0 Å². The fraction of sp³-hybridized carbons (Fsp3) is 0.174. The predicted molar refractivity (Wildman–Crippen MR) is 121 cm³/mol. The molecule has 166 valence electrons. The highest BCUT2D eigenvalue weighted by molar-refractivity contribution is 7.99. The molecule has 33 heavy (non-hydrogen) atoms. The van der Waals surface area contributed by atoms with Crippen LogP contribution in [0, 0.1) is 0 Å². The first kappa shape index (κ1) is 21.0. The van der Waals surface area contributed by atoms with Crippen LogP contribution in [0.5, 0.6) is 11.5 Å². The molecule has 0 aliphatic carbocycles. The van der Waals surface area contributed by atoms with Crippen LogP contribution in [0.15, 0.2) is 65.6 Å². The summed E-state index contributed by atoms with van der Waals surface area (Å²) < 4.78 is 18.3. The van der Waals surface area contributed by atoms with E-state index in [0.717, 1.165) is 10.9 Å². The van der Waals surface area contributed by atoms with Crippen LogP contribution in [0.1, 0.15) is 17.3 Å². The molecular formula is C23H19N5O4S. The van der Waals surface area contributed by atoms with Crippen LogP contribution in [-0.4, -0.2) is 44.1 Å². The van der Waals surface area contributed by atoms with E-state index in [1.807, 2.05) is 22.8 Å². The van der Waals surface area contributed by atoms with Crippen LogP contribution < -0.4 is 9.47 Å². The first-order chi connectivity index (χ1) is 16.2. The van der Waals surface area contributed by atoms with Gasteiger partial charge in [-0.2, -0.15) is 0 Å². The van der Waals surface area contributed by atoms with E-state index < -0.39 is 5.97 Å². The summed E-state index contributed by atoms with van der Waals surface area (Å²) in [6.45, 7) is 6.50. The Morgan fingerprint density at radius 1 is 1.24 bits per heavy atom. The summed E-state index contributed by atoms with van der Waals surface area (Å²) in [5.41, 5.74) is 1.88. The number of carbonyl (C=O) groups is 1. The smallest absolute Gasteiger partial charge is 0.340 e. The highest BCUT2D eigenvalue weighted by atomic mass is 32.2. The van der Waals surface area contributed by atoms with Gasteiger partial charge in [0.05, 0.1) is 17.7 Å². The lowest BCUT2D eigenvalue weighted by molar-refractivity contribution is 0.0522. The molecule has 0 saturated carbocycles. The molecule has 4 aromatic rings. The molecule has 10 heteroatoms. The highest BCUT2D eigenvalue weighted by Gasteiger charge is 2.24. The molecule has 0 bridgehead atoms. The number of pyridine rings is 2. The van der Waals surface area contributed by atoms with E-state index in [4.69, 9.17) is 14.2 Å². The van der Waals surface area contributed by atoms with E-state index in [1.54, 1.807) is 31.5 Å². The standard InChI is InChI=1S/C23H19N5O4S/c1-3-9-28-21(14-5-7-24-8-6-14)26-27-23(28)33-20-15-10-18-19(32-13-31-18)11-17(15)25-12-16(20)22(29)30-4-2/h3,5-8,10-12H,1,4,9,13H2,2H3. The van der Waals surface area contributed by atoms with Crippen molar-refractivity contribution in [3.05, 3.63) is 61.1 Å². The molecule has 0 unspecified atom stereocenters. The molecule has 3 aromatic heterocycles. The zero-order valence-electron chi connectivity index (χ0n) is 17.7. The van der Waals surface area contributed by atoms with E-state index in [-0.39, 0.29) is 13.4 Å². The van der Waals surface area contributed by atoms with Gasteiger partial charge in [-0.1, -0.05) is 6.08 Å². The first-order valence-electron chi connectivity index (χ1n) is 10.2. The molecule has 4 heterocycles. The van der Waals surface area contributed by atoms with Crippen LogP contribution in [0.2, 0.25) is 0 Å². The molecule has 0 spiro atoms. The third-order valence-corrected chi connectivity index (χ3v) is 6.10. The van der Waals surface area contributed by atoms with Crippen molar-refractivity contribution >= 4 is 28.6 Å². The van der Waals surface area contributed by atoms with Gasteiger partial charge in [0, 0.05) is 47.0 Å². The van der Waals surface area contributed by atoms with Crippen molar-refractivity contribution in [3.8, 4) is 22.9 Å². The normalized spacial score (nSPS) is 12.2. The van der Waals surface area contributed by atoms with Gasteiger partial charge in [0.1, 0.15) is 0 Å². The molecule has 0 radical (unpaired) electrons. The van der Waals surface area contributed by atoms with Crippen LogP contribution in [0.25, 0.3) is 22.3 Å². The maximum atomic E-state index is 12.8. The summed E-state index contributed by atoms with van der Waals surface area (Å²) in [7, 11) is 0. The van der Waals surface area contributed by atoms with Gasteiger partial charge in [-0.25, -0.2) is 4.79 Å². The Kier molecular flexibility index (Phi) is 5.66.